The summed E-state index contributed by atoms with van der Waals surface area (Å²) in [6.07, 6.45) is 5.10. The summed E-state index contributed by atoms with van der Waals surface area (Å²) in [5.74, 6) is 1.87. The molecule has 88 valence electrons. The Balaban J connectivity index is 3.23. The van der Waals surface area contributed by atoms with E-state index in [1.165, 1.54) is 18.0 Å². The number of nitro benzene ring substituents is 1. The molecule has 0 unspecified atom stereocenters. The van der Waals surface area contributed by atoms with E-state index in [2.05, 4.69) is 5.92 Å². The third-order valence-corrected chi connectivity index (χ3v) is 2.33. The Morgan fingerprint density at radius 3 is 2.76 bits per heavy atom. The maximum Gasteiger partial charge on any atom is 0.285 e. The maximum absolute atomic E-state index is 11.9. The van der Waals surface area contributed by atoms with Crippen LogP contribution in [0.2, 0.25) is 0 Å². The largest absolute Gasteiger partial charge is 0.330 e. The van der Waals surface area contributed by atoms with Crippen LogP contribution in [0.25, 0.3) is 0 Å². The summed E-state index contributed by atoms with van der Waals surface area (Å²) in [7, 11) is 1.51. The highest BCUT2D eigenvalue weighted by atomic mass is 16.6. The summed E-state index contributed by atoms with van der Waals surface area (Å²) in [6.45, 7) is 1.71. The lowest BCUT2D eigenvalue weighted by molar-refractivity contribution is -0.385. The molecule has 0 saturated carbocycles. The van der Waals surface area contributed by atoms with E-state index < -0.39 is 10.8 Å². The van der Waals surface area contributed by atoms with Crippen molar-refractivity contribution in [2.24, 2.45) is 0 Å². The van der Waals surface area contributed by atoms with Crippen molar-refractivity contribution < 1.29 is 9.72 Å². The van der Waals surface area contributed by atoms with Crippen LogP contribution in [0.5, 0.6) is 0 Å². The molecule has 5 nitrogen and oxygen atoms in total. The van der Waals surface area contributed by atoms with Gasteiger partial charge in [-0.2, -0.15) is 0 Å². The van der Waals surface area contributed by atoms with Gasteiger partial charge in [-0.3, -0.25) is 14.9 Å². The van der Waals surface area contributed by atoms with E-state index in [4.69, 9.17) is 6.42 Å². The number of aryl methyl sites for hydroxylation is 1. The number of terminal acetylenes is 1. The molecule has 0 N–H and O–H groups in total. The van der Waals surface area contributed by atoms with Crippen molar-refractivity contribution in [1.82, 2.24) is 4.90 Å². The molecular weight excluding hydrogens is 220 g/mol. The van der Waals surface area contributed by atoms with Gasteiger partial charge in [0, 0.05) is 12.6 Å². The van der Waals surface area contributed by atoms with Crippen molar-refractivity contribution in [1.29, 1.82) is 0 Å². The van der Waals surface area contributed by atoms with Gasteiger partial charge in [0.1, 0.15) is 5.56 Å². The molecule has 17 heavy (non-hydrogen) atoms. The summed E-state index contributed by atoms with van der Waals surface area (Å²) < 4.78 is 0. The minimum Gasteiger partial charge on any atom is -0.330 e. The average molecular weight is 232 g/mol. The van der Waals surface area contributed by atoms with Gasteiger partial charge in [0.15, 0.2) is 0 Å². The van der Waals surface area contributed by atoms with E-state index in [-0.39, 0.29) is 17.8 Å². The van der Waals surface area contributed by atoms with Gasteiger partial charge in [-0.15, -0.1) is 6.42 Å². The first-order valence-electron chi connectivity index (χ1n) is 4.92. The van der Waals surface area contributed by atoms with Gasteiger partial charge in [-0.25, -0.2) is 0 Å². The first-order chi connectivity index (χ1) is 7.99. The number of benzene rings is 1. The first-order valence-corrected chi connectivity index (χ1v) is 4.92. The van der Waals surface area contributed by atoms with E-state index in [1.807, 2.05) is 0 Å². The lowest BCUT2D eigenvalue weighted by Crippen LogP contribution is -2.27. The van der Waals surface area contributed by atoms with E-state index in [1.54, 1.807) is 19.1 Å². The van der Waals surface area contributed by atoms with Crippen molar-refractivity contribution in [3.8, 4) is 12.3 Å². The first kappa shape index (κ1) is 12.7. The highest BCUT2D eigenvalue weighted by Gasteiger charge is 2.24. The van der Waals surface area contributed by atoms with Gasteiger partial charge in [-0.1, -0.05) is 18.1 Å². The second-order valence-corrected chi connectivity index (χ2v) is 3.59. The van der Waals surface area contributed by atoms with Crippen LogP contribution in [-0.2, 0) is 0 Å². The smallest absolute Gasteiger partial charge is 0.285 e. The zero-order chi connectivity index (χ0) is 13.0. The highest BCUT2D eigenvalue weighted by molar-refractivity contribution is 5.98. The number of nitrogens with zero attached hydrogens (tertiary/aromatic N) is 2. The van der Waals surface area contributed by atoms with Gasteiger partial charge in [0.05, 0.1) is 11.5 Å². The Bertz CT molecular complexity index is 503. The predicted molar refractivity (Wildman–Crippen MR) is 63.6 cm³/mol. The van der Waals surface area contributed by atoms with Gasteiger partial charge in [-0.05, 0) is 13.0 Å². The number of hydrogen-bond donors (Lipinski definition) is 0. The van der Waals surface area contributed by atoms with Gasteiger partial charge >= 0.3 is 0 Å². The minimum absolute atomic E-state index is 0.0627. The topological polar surface area (TPSA) is 63.5 Å². The number of carbonyl (C=O) groups is 1. The molecule has 1 aromatic rings. The molecule has 0 aliphatic rings. The lowest BCUT2D eigenvalue weighted by Gasteiger charge is -2.14. The van der Waals surface area contributed by atoms with Crippen LogP contribution in [-0.4, -0.2) is 29.3 Å². The van der Waals surface area contributed by atoms with Gasteiger partial charge in [0.2, 0.25) is 0 Å². The molecule has 0 atom stereocenters. The number of hydrogen-bond acceptors (Lipinski definition) is 3. The van der Waals surface area contributed by atoms with Crippen molar-refractivity contribution in [2.75, 3.05) is 13.6 Å². The molecule has 0 aliphatic carbocycles. The number of carbonyl (C=O) groups excluding carboxylic acids is 1. The molecular formula is C12H12N2O3. The Kier molecular flexibility index (Phi) is 3.83. The molecule has 0 saturated heterocycles. The van der Waals surface area contributed by atoms with E-state index in [0.29, 0.717) is 5.56 Å². The summed E-state index contributed by atoms with van der Waals surface area (Å²) >= 11 is 0. The summed E-state index contributed by atoms with van der Waals surface area (Å²) in [5.41, 5.74) is 0.351. The molecule has 0 aromatic heterocycles. The molecule has 1 aromatic carbocycles. The standard InChI is InChI=1S/C12H12N2O3/c1-4-8-13(3)12(15)10-7-5-6-9(2)11(10)14(16)17/h1,5-7H,8H2,2-3H3. The third-order valence-electron chi connectivity index (χ3n) is 2.33. The lowest BCUT2D eigenvalue weighted by atomic mass is 10.1. The van der Waals surface area contributed by atoms with E-state index in [0.717, 1.165) is 0 Å². The molecule has 0 fully saturated rings. The van der Waals surface area contributed by atoms with Crippen LogP contribution in [0.1, 0.15) is 15.9 Å². The predicted octanol–water partition coefficient (Wildman–Crippen LogP) is 1.61. The SMILES string of the molecule is C#CCN(C)C(=O)c1cccc(C)c1[N+](=O)[O-]. The van der Waals surface area contributed by atoms with E-state index >= 15 is 0 Å². The van der Waals surface area contributed by atoms with Crippen molar-refractivity contribution in [2.45, 2.75) is 6.92 Å². The number of para-hydroxylation sites is 1. The second kappa shape index (κ2) is 5.12. The van der Waals surface area contributed by atoms with Crippen LogP contribution in [0.3, 0.4) is 0 Å². The Morgan fingerprint density at radius 1 is 1.59 bits per heavy atom. The monoisotopic (exact) mass is 232 g/mol. The van der Waals surface area contributed by atoms with Crippen LogP contribution in [0.15, 0.2) is 18.2 Å². The van der Waals surface area contributed by atoms with Crippen LogP contribution in [0, 0.1) is 29.4 Å². The summed E-state index contributed by atoms with van der Waals surface area (Å²) in [5, 5.41) is 10.9. The Hall–Kier alpha value is -2.35. The van der Waals surface area contributed by atoms with Crippen molar-refractivity contribution >= 4 is 11.6 Å². The third kappa shape index (κ3) is 2.61. The Labute approximate surface area is 99.2 Å². The highest BCUT2D eigenvalue weighted by Crippen LogP contribution is 2.23. The zero-order valence-corrected chi connectivity index (χ0v) is 9.64. The second-order valence-electron chi connectivity index (χ2n) is 3.59. The van der Waals surface area contributed by atoms with Gasteiger partial charge < -0.3 is 4.90 Å². The van der Waals surface area contributed by atoms with Crippen LogP contribution < -0.4 is 0 Å². The number of nitro groups is 1. The molecule has 0 radical (unpaired) electrons. The van der Waals surface area contributed by atoms with Crippen molar-refractivity contribution in [3.05, 3.63) is 39.4 Å². The fraction of sp³-hybridized carbons (Fsp3) is 0.250. The van der Waals surface area contributed by atoms with E-state index in [9.17, 15) is 14.9 Å². The molecule has 0 bridgehead atoms. The molecule has 0 spiro atoms. The van der Waals surface area contributed by atoms with Crippen LogP contribution in [0.4, 0.5) is 5.69 Å². The minimum atomic E-state index is -0.549. The summed E-state index contributed by atoms with van der Waals surface area (Å²) in [4.78, 5) is 23.6. The molecule has 1 rings (SSSR count). The quantitative estimate of drug-likeness (QED) is 0.452. The van der Waals surface area contributed by atoms with Crippen molar-refractivity contribution in [3.63, 3.8) is 0 Å². The van der Waals surface area contributed by atoms with Gasteiger partial charge in [0.25, 0.3) is 11.6 Å². The Morgan fingerprint density at radius 2 is 2.24 bits per heavy atom. The normalized spacial score (nSPS) is 9.47. The molecule has 0 aliphatic heterocycles. The molecule has 5 heteroatoms. The fourth-order valence-corrected chi connectivity index (χ4v) is 1.49. The molecule has 0 heterocycles. The average Bonchev–Trinajstić information content (AvgIpc) is 2.27. The zero-order valence-electron chi connectivity index (χ0n) is 9.64. The maximum atomic E-state index is 11.9. The fourth-order valence-electron chi connectivity index (χ4n) is 1.49. The number of rotatable bonds is 3. The van der Waals surface area contributed by atoms with Crippen LogP contribution >= 0.6 is 0 Å². The molecule has 1 amide bonds. The number of amides is 1. The summed E-state index contributed by atoms with van der Waals surface area (Å²) in [6, 6.07) is 4.63.